The van der Waals surface area contributed by atoms with Gasteiger partial charge in [0, 0.05) is 0 Å². The van der Waals surface area contributed by atoms with Crippen molar-refractivity contribution >= 4 is 0 Å². The number of hydrogen-bond acceptors (Lipinski definition) is 5. The van der Waals surface area contributed by atoms with Crippen LogP contribution in [0.2, 0.25) is 0 Å². The normalized spacial score (nSPS) is 12.1. The van der Waals surface area contributed by atoms with E-state index >= 15 is 0 Å². The lowest BCUT2D eigenvalue weighted by molar-refractivity contribution is 0.198. The molecule has 1 N–H and O–H groups in total. The summed E-state index contributed by atoms with van der Waals surface area (Å²) in [5, 5.41) is 17.7. The number of ether oxygens (including phenoxy) is 1. The first kappa shape index (κ1) is 16.2. The molecule has 3 rings (SSSR count). The topological polar surface area (TPSA) is 68.4 Å². The fraction of sp³-hybridized carbons (Fsp3) is 0.263. The minimum Gasteiger partial charge on any atom is -0.484 e. The molecule has 24 heavy (non-hydrogen) atoms. The lowest BCUT2D eigenvalue weighted by atomic mass is 10.1. The first-order valence-corrected chi connectivity index (χ1v) is 7.88. The monoisotopic (exact) mass is 324 g/mol. The zero-order chi connectivity index (χ0) is 16.9. The van der Waals surface area contributed by atoms with E-state index in [9.17, 15) is 5.11 Å². The standard InChI is InChI=1S/C19H20N2O3/c1-13-6-3-4-7-15(13)11-18-20-21-19(24-18)12-23-17-9-5-8-16(10-17)14(2)22/h3-10,14,22H,11-12H2,1-2H3. The predicted octanol–water partition coefficient (Wildman–Crippen LogP) is 3.60. The molecule has 0 spiro atoms. The highest BCUT2D eigenvalue weighted by Gasteiger charge is 2.09. The van der Waals surface area contributed by atoms with E-state index in [0.29, 0.717) is 24.0 Å². The molecule has 5 nitrogen and oxygen atoms in total. The molecule has 124 valence electrons. The molecule has 1 heterocycles. The van der Waals surface area contributed by atoms with E-state index in [1.54, 1.807) is 13.0 Å². The third-order valence-electron chi connectivity index (χ3n) is 3.81. The summed E-state index contributed by atoms with van der Waals surface area (Å²) in [6, 6.07) is 15.4. The van der Waals surface area contributed by atoms with Crippen molar-refractivity contribution in [2.24, 2.45) is 0 Å². The Morgan fingerprint density at radius 1 is 1.08 bits per heavy atom. The van der Waals surface area contributed by atoms with Crippen LogP contribution >= 0.6 is 0 Å². The summed E-state index contributed by atoms with van der Waals surface area (Å²) < 4.78 is 11.3. The molecule has 1 unspecified atom stereocenters. The third kappa shape index (κ3) is 4.00. The number of nitrogens with zero attached hydrogens (tertiary/aromatic N) is 2. The molecule has 0 saturated heterocycles. The Labute approximate surface area is 140 Å². The molecule has 0 amide bonds. The van der Waals surface area contributed by atoms with Crippen molar-refractivity contribution in [3.8, 4) is 5.75 Å². The van der Waals surface area contributed by atoms with Crippen LogP contribution in [-0.2, 0) is 13.0 Å². The Hall–Kier alpha value is -2.66. The van der Waals surface area contributed by atoms with Crippen molar-refractivity contribution in [2.45, 2.75) is 33.0 Å². The van der Waals surface area contributed by atoms with Crippen molar-refractivity contribution in [2.75, 3.05) is 0 Å². The average molecular weight is 324 g/mol. The van der Waals surface area contributed by atoms with Crippen LogP contribution in [0.25, 0.3) is 0 Å². The molecule has 0 fully saturated rings. The van der Waals surface area contributed by atoms with Gasteiger partial charge in [0.2, 0.25) is 5.89 Å². The van der Waals surface area contributed by atoms with Crippen molar-refractivity contribution in [3.63, 3.8) is 0 Å². The third-order valence-corrected chi connectivity index (χ3v) is 3.81. The largest absolute Gasteiger partial charge is 0.484 e. The summed E-state index contributed by atoms with van der Waals surface area (Å²) in [6.07, 6.45) is 0.0784. The molecule has 0 aliphatic rings. The highest BCUT2D eigenvalue weighted by atomic mass is 16.5. The Bertz CT molecular complexity index is 812. The van der Waals surface area contributed by atoms with Crippen LogP contribution < -0.4 is 4.74 Å². The van der Waals surface area contributed by atoms with Gasteiger partial charge in [-0.1, -0.05) is 36.4 Å². The highest BCUT2D eigenvalue weighted by Crippen LogP contribution is 2.20. The average Bonchev–Trinajstić information content (AvgIpc) is 3.03. The minimum absolute atomic E-state index is 0.198. The van der Waals surface area contributed by atoms with Gasteiger partial charge in [-0.25, -0.2) is 0 Å². The zero-order valence-electron chi connectivity index (χ0n) is 13.8. The fourth-order valence-electron chi connectivity index (χ4n) is 2.40. The summed E-state index contributed by atoms with van der Waals surface area (Å²) in [6.45, 7) is 3.98. The van der Waals surface area contributed by atoms with Gasteiger partial charge < -0.3 is 14.3 Å². The highest BCUT2D eigenvalue weighted by molar-refractivity contribution is 5.30. The molecule has 0 radical (unpaired) electrons. The second-order valence-electron chi connectivity index (χ2n) is 5.73. The van der Waals surface area contributed by atoms with Crippen molar-refractivity contribution in [1.82, 2.24) is 10.2 Å². The van der Waals surface area contributed by atoms with Crippen LogP contribution in [0.1, 0.15) is 41.5 Å². The molecule has 3 aromatic rings. The molecular weight excluding hydrogens is 304 g/mol. The van der Waals surface area contributed by atoms with Crippen LogP contribution in [-0.4, -0.2) is 15.3 Å². The fourth-order valence-corrected chi connectivity index (χ4v) is 2.40. The quantitative estimate of drug-likeness (QED) is 0.750. The van der Waals surface area contributed by atoms with Gasteiger partial charge in [0.25, 0.3) is 5.89 Å². The van der Waals surface area contributed by atoms with Crippen molar-refractivity contribution in [3.05, 3.63) is 77.0 Å². The molecule has 0 aliphatic carbocycles. The summed E-state index contributed by atoms with van der Waals surface area (Å²) in [5.74, 6) is 1.66. The van der Waals surface area contributed by atoms with Crippen molar-refractivity contribution in [1.29, 1.82) is 0 Å². The zero-order valence-corrected chi connectivity index (χ0v) is 13.8. The van der Waals surface area contributed by atoms with Crippen LogP contribution in [0.5, 0.6) is 5.75 Å². The number of hydrogen-bond donors (Lipinski definition) is 1. The Morgan fingerprint density at radius 3 is 2.67 bits per heavy atom. The Balaban J connectivity index is 1.62. The Morgan fingerprint density at radius 2 is 1.88 bits per heavy atom. The van der Waals surface area contributed by atoms with E-state index in [4.69, 9.17) is 9.15 Å². The van der Waals surface area contributed by atoms with E-state index < -0.39 is 6.10 Å². The minimum atomic E-state index is -0.530. The molecule has 2 aromatic carbocycles. The Kier molecular flexibility index (Phi) is 4.91. The lowest BCUT2D eigenvalue weighted by Crippen LogP contribution is -1.97. The van der Waals surface area contributed by atoms with E-state index in [1.807, 2.05) is 30.3 Å². The molecular formula is C19H20N2O3. The maximum Gasteiger partial charge on any atom is 0.253 e. The number of aryl methyl sites for hydroxylation is 1. The SMILES string of the molecule is Cc1ccccc1Cc1nnc(COc2cccc(C(C)O)c2)o1. The molecule has 0 saturated carbocycles. The van der Waals surface area contributed by atoms with Crippen molar-refractivity contribution < 1.29 is 14.3 Å². The summed E-state index contributed by atoms with van der Waals surface area (Å²) in [5.41, 5.74) is 3.17. The van der Waals surface area contributed by atoms with E-state index in [1.165, 1.54) is 11.1 Å². The summed E-state index contributed by atoms with van der Waals surface area (Å²) >= 11 is 0. The van der Waals surface area contributed by atoms with Gasteiger partial charge >= 0.3 is 0 Å². The van der Waals surface area contributed by atoms with E-state index in [2.05, 4.69) is 29.3 Å². The van der Waals surface area contributed by atoms with Gasteiger partial charge in [-0.3, -0.25) is 0 Å². The second kappa shape index (κ2) is 7.27. The van der Waals surface area contributed by atoms with Gasteiger partial charge in [0.05, 0.1) is 12.5 Å². The van der Waals surface area contributed by atoms with E-state index in [0.717, 1.165) is 5.56 Å². The number of aliphatic hydroxyl groups excluding tert-OH is 1. The predicted molar refractivity (Wildman–Crippen MR) is 89.7 cm³/mol. The molecule has 1 atom stereocenters. The number of rotatable bonds is 6. The number of benzene rings is 2. The first-order chi connectivity index (χ1) is 11.6. The maximum atomic E-state index is 9.60. The molecule has 0 aliphatic heterocycles. The smallest absolute Gasteiger partial charge is 0.253 e. The maximum absolute atomic E-state index is 9.60. The molecule has 5 heteroatoms. The first-order valence-electron chi connectivity index (χ1n) is 7.88. The molecule has 0 bridgehead atoms. The van der Waals surface area contributed by atoms with Crippen LogP contribution in [0.4, 0.5) is 0 Å². The van der Waals surface area contributed by atoms with Gasteiger partial charge in [0.1, 0.15) is 5.75 Å². The van der Waals surface area contributed by atoms with Gasteiger partial charge in [-0.05, 0) is 42.7 Å². The second-order valence-corrected chi connectivity index (χ2v) is 5.73. The summed E-state index contributed by atoms with van der Waals surface area (Å²) in [7, 11) is 0. The molecule has 1 aromatic heterocycles. The summed E-state index contributed by atoms with van der Waals surface area (Å²) in [4.78, 5) is 0. The van der Waals surface area contributed by atoms with Crippen LogP contribution in [0.3, 0.4) is 0 Å². The van der Waals surface area contributed by atoms with Gasteiger partial charge in [-0.15, -0.1) is 10.2 Å². The van der Waals surface area contributed by atoms with Gasteiger partial charge in [0.15, 0.2) is 6.61 Å². The van der Waals surface area contributed by atoms with Crippen LogP contribution in [0.15, 0.2) is 52.9 Å². The number of aromatic nitrogens is 2. The van der Waals surface area contributed by atoms with Crippen LogP contribution in [0, 0.1) is 6.92 Å². The van der Waals surface area contributed by atoms with E-state index in [-0.39, 0.29) is 6.61 Å². The lowest BCUT2D eigenvalue weighted by Gasteiger charge is -2.08. The number of aliphatic hydroxyl groups is 1. The van der Waals surface area contributed by atoms with Gasteiger partial charge in [-0.2, -0.15) is 0 Å².